The zero-order valence-corrected chi connectivity index (χ0v) is 12.6. The fourth-order valence-electron chi connectivity index (χ4n) is 2.68. The minimum Gasteiger partial charge on any atom is -0.376 e. The van der Waals surface area contributed by atoms with Gasteiger partial charge in [-0.15, -0.1) is 0 Å². The first-order valence-corrected chi connectivity index (χ1v) is 7.60. The van der Waals surface area contributed by atoms with E-state index in [2.05, 4.69) is 10.5 Å². The molecule has 1 aromatic carbocycles. The fraction of sp³-hybridized carbons (Fsp3) is 0.500. The Morgan fingerprint density at radius 2 is 2.18 bits per heavy atom. The van der Waals surface area contributed by atoms with Crippen LogP contribution in [-0.4, -0.2) is 18.9 Å². The predicted molar refractivity (Wildman–Crippen MR) is 82.9 cm³/mol. The van der Waals surface area contributed by atoms with Crippen LogP contribution in [0.15, 0.2) is 23.3 Å². The lowest BCUT2D eigenvalue weighted by atomic mass is 9.90. The van der Waals surface area contributed by atoms with Gasteiger partial charge in [-0.3, -0.25) is 0 Å². The molecule has 1 aliphatic carbocycles. The lowest BCUT2D eigenvalue weighted by Crippen LogP contribution is -2.24. The highest BCUT2D eigenvalue weighted by atomic mass is 19.1. The third-order valence-electron chi connectivity index (χ3n) is 3.82. The lowest BCUT2D eigenvalue weighted by Gasteiger charge is -2.21. The number of carbonyl (C=O) groups is 1. The number of benzene rings is 1. The molecule has 2 amide bonds. The molecule has 3 N–H and O–H groups in total. The summed E-state index contributed by atoms with van der Waals surface area (Å²) >= 11 is 0. The Morgan fingerprint density at radius 1 is 1.41 bits per heavy atom. The largest absolute Gasteiger partial charge is 0.376 e. The summed E-state index contributed by atoms with van der Waals surface area (Å²) in [4.78, 5) is 10.6. The molecule has 0 bridgehead atoms. The second-order valence-electron chi connectivity index (χ2n) is 5.60. The standard InChI is InChI=1S/C16H22FN3O2/c17-15-7-6-13(9-19-20-16(18)21)14(8-15)11-22-10-12-4-2-1-3-5-12/h6-9,12H,1-5,10-11H2,(H3,18,20,21). The van der Waals surface area contributed by atoms with Gasteiger partial charge in [0.15, 0.2) is 0 Å². The first-order chi connectivity index (χ1) is 10.6. The van der Waals surface area contributed by atoms with Crippen molar-refractivity contribution >= 4 is 12.2 Å². The van der Waals surface area contributed by atoms with Crippen molar-refractivity contribution in [2.45, 2.75) is 38.7 Å². The van der Waals surface area contributed by atoms with Crippen molar-refractivity contribution in [3.8, 4) is 0 Å². The molecule has 0 aromatic heterocycles. The quantitative estimate of drug-likeness (QED) is 0.626. The minimum absolute atomic E-state index is 0.323. The molecule has 0 radical (unpaired) electrons. The Labute approximate surface area is 129 Å². The second-order valence-corrected chi connectivity index (χ2v) is 5.60. The predicted octanol–water partition coefficient (Wildman–Crippen LogP) is 2.92. The number of urea groups is 1. The van der Waals surface area contributed by atoms with Crippen LogP contribution in [-0.2, 0) is 11.3 Å². The summed E-state index contributed by atoms with van der Waals surface area (Å²) in [5.74, 6) is 0.284. The number of amides is 2. The first kappa shape index (κ1) is 16.4. The fourth-order valence-corrected chi connectivity index (χ4v) is 2.68. The molecule has 0 saturated heterocycles. The Kier molecular flexibility index (Phi) is 6.33. The number of halogens is 1. The number of primary amides is 1. The van der Waals surface area contributed by atoms with E-state index < -0.39 is 6.03 Å². The second kappa shape index (κ2) is 8.48. The van der Waals surface area contributed by atoms with Crippen molar-refractivity contribution in [1.82, 2.24) is 5.43 Å². The van der Waals surface area contributed by atoms with Gasteiger partial charge >= 0.3 is 6.03 Å². The third kappa shape index (κ3) is 5.44. The molecule has 0 aliphatic heterocycles. The van der Waals surface area contributed by atoms with Gasteiger partial charge in [-0.1, -0.05) is 25.3 Å². The van der Waals surface area contributed by atoms with Gasteiger partial charge in [-0.05, 0) is 36.5 Å². The highest BCUT2D eigenvalue weighted by Crippen LogP contribution is 2.24. The first-order valence-electron chi connectivity index (χ1n) is 7.60. The van der Waals surface area contributed by atoms with Gasteiger partial charge in [0.2, 0.25) is 0 Å². The van der Waals surface area contributed by atoms with Crippen molar-refractivity contribution in [2.75, 3.05) is 6.61 Å². The third-order valence-corrected chi connectivity index (χ3v) is 3.82. The smallest absolute Gasteiger partial charge is 0.332 e. The molecular formula is C16H22FN3O2. The maximum atomic E-state index is 13.4. The average molecular weight is 307 g/mol. The zero-order valence-electron chi connectivity index (χ0n) is 12.6. The maximum absolute atomic E-state index is 13.4. The number of hydrogen-bond donors (Lipinski definition) is 2. The van der Waals surface area contributed by atoms with Crippen LogP contribution >= 0.6 is 0 Å². The van der Waals surface area contributed by atoms with Crippen molar-refractivity contribution in [3.63, 3.8) is 0 Å². The van der Waals surface area contributed by atoms with E-state index in [1.807, 2.05) is 0 Å². The number of nitrogens with zero attached hydrogens (tertiary/aromatic N) is 1. The highest BCUT2D eigenvalue weighted by molar-refractivity contribution is 5.83. The molecular weight excluding hydrogens is 285 g/mol. The van der Waals surface area contributed by atoms with E-state index in [1.165, 1.54) is 50.5 Å². The SMILES string of the molecule is NC(=O)NN=Cc1ccc(F)cc1COCC1CCCCC1. The van der Waals surface area contributed by atoms with Crippen molar-refractivity contribution in [2.24, 2.45) is 16.8 Å². The topological polar surface area (TPSA) is 76.7 Å². The van der Waals surface area contributed by atoms with E-state index in [4.69, 9.17) is 10.5 Å². The van der Waals surface area contributed by atoms with E-state index in [1.54, 1.807) is 6.07 Å². The normalized spacial score (nSPS) is 16.0. The highest BCUT2D eigenvalue weighted by Gasteiger charge is 2.13. The molecule has 0 atom stereocenters. The number of hydrazone groups is 1. The number of hydrogen-bond acceptors (Lipinski definition) is 3. The van der Waals surface area contributed by atoms with Crippen LogP contribution < -0.4 is 11.2 Å². The van der Waals surface area contributed by atoms with E-state index in [0.717, 1.165) is 0 Å². The van der Waals surface area contributed by atoms with Crippen LogP contribution in [0.3, 0.4) is 0 Å². The van der Waals surface area contributed by atoms with E-state index in [9.17, 15) is 9.18 Å². The molecule has 0 spiro atoms. The molecule has 0 heterocycles. The summed E-state index contributed by atoms with van der Waals surface area (Å²) in [6, 6.07) is 3.62. The van der Waals surface area contributed by atoms with Crippen LogP contribution in [0.5, 0.6) is 0 Å². The number of nitrogens with one attached hydrogen (secondary N) is 1. The van der Waals surface area contributed by atoms with Crippen LogP contribution in [0.25, 0.3) is 0 Å². The molecule has 0 unspecified atom stereocenters. The van der Waals surface area contributed by atoms with Gasteiger partial charge in [-0.2, -0.15) is 5.10 Å². The van der Waals surface area contributed by atoms with Gasteiger partial charge in [0.1, 0.15) is 5.82 Å². The molecule has 5 nitrogen and oxygen atoms in total. The molecule has 1 saturated carbocycles. The Morgan fingerprint density at radius 3 is 2.91 bits per heavy atom. The Hall–Kier alpha value is -1.95. The molecule has 2 rings (SSSR count). The van der Waals surface area contributed by atoms with E-state index in [-0.39, 0.29) is 5.82 Å². The number of ether oxygens (including phenoxy) is 1. The molecule has 120 valence electrons. The van der Waals surface area contributed by atoms with Gasteiger partial charge < -0.3 is 10.5 Å². The van der Waals surface area contributed by atoms with Crippen LogP contribution in [0, 0.1) is 11.7 Å². The van der Waals surface area contributed by atoms with Crippen molar-refractivity contribution in [3.05, 3.63) is 35.1 Å². The number of rotatable bonds is 6. The molecule has 1 aliphatic rings. The monoisotopic (exact) mass is 307 g/mol. The summed E-state index contributed by atoms with van der Waals surface area (Å²) in [7, 11) is 0. The minimum atomic E-state index is -0.742. The summed E-state index contributed by atoms with van der Waals surface area (Å²) < 4.78 is 19.1. The van der Waals surface area contributed by atoms with Gasteiger partial charge in [0.25, 0.3) is 0 Å². The molecule has 1 aromatic rings. The number of carbonyl (C=O) groups excluding carboxylic acids is 1. The Balaban J connectivity index is 1.91. The van der Waals surface area contributed by atoms with Crippen LogP contribution in [0.2, 0.25) is 0 Å². The van der Waals surface area contributed by atoms with Crippen molar-refractivity contribution < 1.29 is 13.9 Å². The number of nitrogens with two attached hydrogens (primary N) is 1. The zero-order chi connectivity index (χ0) is 15.8. The van der Waals surface area contributed by atoms with Gasteiger partial charge in [0, 0.05) is 12.2 Å². The molecule has 6 heteroatoms. The van der Waals surface area contributed by atoms with Gasteiger partial charge in [0.05, 0.1) is 12.8 Å². The van der Waals surface area contributed by atoms with Crippen LogP contribution in [0.4, 0.5) is 9.18 Å². The van der Waals surface area contributed by atoms with E-state index >= 15 is 0 Å². The average Bonchev–Trinajstić information content (AvgIpc) is 2.50. The summed E-state index contributed by atoms with van der Waals surface area (Å²) in [6.07, 6.45) is 7.70. The molecule has 22 heavy (non-hydrogen) atoms. The molecule has 1 fully saturated rings. The van der Waals surface area contributed by atoms with Gasteiger partial charge in [-0.25, -0.2) is 14.6 Å². The summed E-state index contributed by atoms with van der Waals surface area (Å²) in [5.41, 5.74) is 8.44. The lowest BCUT2D eigenvalue weighted by molar-refractivity contribution is 0.0737. The Bertz CT molecular complexity index is 528. The van der Waals surface area contributed by atoms with E-state index in [0.29, 0.717) is 30.3 Å². The summed E-state index contributed by atoms with van der Waals surface area (Å²) in [6.45, 7) is 1.03. The summed E-state index contributed by atoms with van der Waals surface area (Å²) in [5, 5.41) is 3.70. The maximum Gasteiger partial charge on any atom is 0.332 e. The van der Waals surface area contributed by atoms with Crippen LogP contribution in [0.1, 0.15) is 43.2 Å². The van der Waals surface area contributed by atoms with Crippen molar-refractivity contribution in [1.29, 1.82) is 0 Å².